The summed E-state index contributed by atoms with van der Waals surface area (Å²) in [4.78, 5) is 16.6. The summed E-state index contributed by atoms with van der Waals surface area (Å²) in [5.74, 6) is 0.715. The van der Waals surface area contributed by atoms with Crippen molar-refractivity contribution in [1.29, 1.82) is 0 Å². The SMILES string of the molecule is Cc1cccc(N2CCN(C(=O)Nc3ccnn3C)CC2)c1C. The molecule has 3 rings (SSSR count). The van der Waals surface area contributed by atoms with E-state index in [4.69, 9.17) is 0 Å². The van der Waals surface area contributed by atoms with Crippen molar-refractivity contribution >= 4 is 17.5 Å². The summed E-state index contributed by atoms with van der Waals surface area (Å²) in [7, 11) is 1.81. The molecule has 0 aliphatic carbocycles. The number of rotatable bonds is 2. The van der Waals surface area contributed by atoms with Crippen molar-refractivity contribution in [2.75, 3.05) is 36.4 Å². The maximum absolute atomic E-state index is 12.3. The maximum atomic E-state index is 12.3. The van der Waals surface area contributed by atoms with Gasteiger partial charge in [-0.25, -0.2) is 4.79 Å². The van der Waals surface area contributed by atoms with Gasteiger partial charge < -0.3 is 9.80 Å². The molecule has 1 aromatic heterocycles. The third kappa shape index (κ3) is 3.16. The fourth-order valence-electron chi connectivity index (χ4n) is 2.91. The first-order valence-corrected chi connectivity index (χ1v) is 7.91. The Morgan fingerprint density at radius 1 is 1.13 bits per heavy atom. The highest BCUT2D eigenvalue weighted by Crippen LogP contribution is 2.24. The van der Waals surface area contributed by atoms with Crippen molar-refractivity contribution in [3.05, 3.63) is 41.6 Å². The van der Waals surface area contributed by atoms with Crippen molar-refractivity contribution in [3.63, 3.8) is 0 Å². The number of hydrogen-bond donors (Lipinski definition) is 1. The number of benzene rings is 1. The number of hydrogen-bond acceptors (Lipinski definition) is 3. The molecule has 0 atom stereocenters. The second kappa shape index (κ2) is 6.32. The van der Waals surface area contributed by atoms with Crippen molar-refractivity contribution in [1.82, 2.24) is 14.7 Å². The zero-order valence-corrected chi connectivity index (χ0v) is 13.9. The molecule has 0 radical (unpaired) electrons. The number of nitrogens with one attached hydrogen (secondary N) is 1. The normalized spacial score (nSPS) is 14.9. The van der Waals surface area contributed by atoms with Gasteiger partial charge in [-0.3, -0.25) is 10.00 Å². The number of amides is 2. The van der Waals surface area contributed by atoms with Gasteiger partial charge in [0.15, 0.2) is 0 Å². The molecule has 0 unspecified atom stereocenters. The predicted molar refractivity (Wildman–Crippen MR) is 91.9 cm³/mol. The molecule has 23 heavy (non-hydrogen) atoms. The van der Waals surface area contributed by atoms with Crippen LogP contribution in [0.3, 0.4) is 0 Å². The molecule has 2 aromatic rings. The molecule has 0 spiro atoms. The van der Waals surface area contributed by atoms with E-state index in [1.807, 2.05) is 11.9 Å². The number of piperazine rings is 1. The zero-order chi connectivity index (χ0) is 16.4. The lowest BCUT2D eigenvalue weighted by molar-refractivity contribution is 0.208. The first kappa shape index (κ1) is 15.4. The number of urea groups is 1. The molecular weight excluding hydrogens is 290 g/mol. The number of aryl methyl sites for hydroxylation is 2. The summed E-state index contributed by atoms with van der Waals surface area (Å²) < 4.78 is 1.66. The highest BCUT2D eigenvalue weighted by molar-refractivity contribution is 5.88. The summed E-state index contributed by atoms with van der Waals surface area (Å²) in [6.07, 6.45) is 1.67. The first-order chi connectivity index (χ1) is 11.1. The Bertz CT molecular complexity index is 701. The van der Waals surface area contributed by atoms with E-state index in [1.165, 1.54) is 16.8 Å². The highest BCUT2D eigenvalue weighted by atomic mass is 16.2. The van der Waals surface area contributed by atoms with Gasteiger partial charge in [0, 0.05) is 45.0 Å². The first-order valence-electron chi connectivity index (χ1n) is 7.91. The Hall–Kier alpha value is -2.50. The Kier molecular flexibility index (Phi) is 4.23. The van der Waals surface area contributed by atoms with E-state index in [2.05, 4.69) is 47.4 Å². The van der Waals surface area contributed by atoms with Gasteiger partial charge in [-0.2, -0.15) is 5.10 Å². The van der Waals surface area contributed by atoms with Crippen LogP contribution in [-0.4, -0.2) is 46.9 Å². The van der Waals surface area contributed by atoms with Crippen molar-refractivity contribution in [2.24, 2.45) is 7.05 Å². The summed E-state index contributed by atoms with van der Waals surface area (Å²) in [6, 6.07) is 8.13. The molecule has 1 aliphatic heterocycles. The molecule has 2 heterocycles. The van der Waals surface area contributed by atoms with Gasteiger partial charge in [0.1, 0.15) is 5.82 Å². The van der Waals surface area contributed by atoms with E-state index >= 15 is 0 Å². The minimum atomic E-state index is -0.0609. The lowest BCUT2D eigenvalue weighted by Gasteiger charge is -2.37. The minimum absolute atomic E-state index is 0.0609. The topological polar surface area (TPSA) is 53.4 Å². The average molecular weight is 313 g/mol. The maximum Gasteiger partial charge on any atom is 0.323 e. The van der Waals surface area contributed by atoms with Crippen LogP contribution in [0.1, 0.15) is 11.1 Å². The predicted octanol–water partition coefficient (Wildman–Crippen LogP) is 2.39. The molecule has 6 nitrogen and oxygen atoms in total. The quantitative estimate of drug-likeness (QED) is 0.926. The van der Waals surface area contributed by atoms with Gasteiger partial charge in [-0.15, -0.1) is 0 Å². The van der Waals surface area contributed by atoms with Gasteiger partial charge in [-0.05, 0) is 31.0 Å². The number of anilines is 2. The summed E-state index contributed by atoms with van der Waals surface area (Å²) in [5, 5.41) is 6.96. The van der Waals surface area contributed by atoms with Crippen LogP contribution < -0.4 is 10.2 Å². The van der Waals surface area contributed by atoms with Crippen LogP contribution in [0.15, 0.2) is 30.5 Å². The van der Waals surface area contributed by atoms with Crippen LogP contribution in [0.5, 0.6) is 0 Å². The Morgan fingerprint density at radius 2 is 1.87 bits per heavy atom. The molecule has 122 valence electrons. The molecule has 0 bridgehead atoms. The van der Waals surface area contributed by atoms with Crippen LogP contribution in [0.2, 0.25) is 0 Å². The van der Waals surface area contributed by atoms with Crippen molar-refractivity contribution < 1.29 is 4.79 Å². The smallest absolute Gasteiger partial charge is 0.323 e. The van der Waals surface area contributed by atoms with Crippen molar-refractivity contribution in [3.8, 4) is 0 Å². The lowest BCUT2D eigenvalue weighted by Crippen LogP contribution is -2.50. The third-order valence-corrected chi connectivity index (χ3v) is 4.54. The number of aromatic nitrogens is 2. The van der Waals surface area contributed by atoms with E-state index in [1.54, 1.807) is 16.9 Å². The molecule has 0 saturated carbocycles. The van der Waals surface area contributed by atoms with Crippen LogP contribution in [0.25, 0.3) is 0 Å². The Balaban J connectivity index is 1.61. The van der Waals surface area contributed by atoms with Crippen LogP contribution in [0, 0.1) is 13.8 Å². The molecular formula is C17H23N5O. The van der Waals surface area contributed by atoms with E-state index in [0.717, 1.165) is 26.2 Å². The molecule has 1 saturated heterocycles. The van der Waals surface area contributed by atoms with E-state index in [-0.39, 0.29) is 6.03 Å². The number of nitrogens with zero attached hydrogens (tertiary/aromatic N) is 4. The van der Waals surface area contributed by atoms with E-state index < -0.39 is 0 Å². The van der Waals surface area contributed by atoms with E-state index in [0.29, 0.717) is 5.82 Å². The molecule has 1 N–H and O–H groups in total. The number of carbonyl (C=O) groups excluding carboxylic acids is 1. The molecule has 6 heteroatoms. The average Bonchev–Trinajstić information content (AvgIpc) is 2.95. The van der Waals surface area contributed by atoms with Crippen LogP contribution >= 0.6 is 0 Å². The summed E-state index contributed by atoms with van der Waals surface area (Å²) >= 11 is 0. The van der Waals surface area contributed by atoms with Gasteiger partial charge in [-0.1, -0.05) is 12.1 Å². The highest BCUT2D eigenvalue weighted by Gasteiger charge is 2.22. The molecule has 1 aromatic carbocycles. The largest absolute Gasteiger partial charge is 0.368 e. The Morgan fingerprint density at radius 3 is 2.52 bits per heavy atom. The molecule has 1 aliphatic rings. The fourth-order valence-corrected chi connectivity index (χ4v) is 2.91. The number of carbonyl (C=O) groups is 1. The fraction of sp³-hybridized carbons (Fsp3) is 0.412. The van der Waals surface area contributed by atoms with E-state index in [9.17, 15) is 4.79 Å². The van der Waals surface area contributed by atoms with Crippen LogP contribution in [-0.2, 0) is 7.05 Å². The molecule has 1 fully saturated rings. The van der Waals surface area contributed by atoms with Gasteiger partial charge >= 0.3 is 6.03 Å². The zero-order valence-electron chi connectivity index (χ0n) is 13.9. The van der Waals surface area contributed by atoms with Gasteiger partial charge in [0.2, 0.25) is 0 Å². The standard InChI is InChI=1S/C17H23N5O/c1-13-5-4-6-15(14(13)2)21-9-11-22(12-10-21)17(23)19-16-7-8-18-20(16)3/h4-8H,9-12H2,1-3H3,(H,19,23). The third-order valence-electron chi connectivity index (χ3n) is 4.54. The summed E-state index contributed by atoms with van der Waals surface area (Å²) in [5.41, 5.74) is 3.90. The monoisotopic (exact) mass is 313 g/mol. The Labute approximate surface area is 136 Å². The second-order valence-electron chi connectivity index (χ2n) is 5.96. The van der Waals surface area contributed by atoms with Crippen LogP contribution in [0.4, 0.5) is 16.3 Å². The lowest BCUT2D eigenvalue weighted by atomic mass is 10.1. The second-order valence-corrected chi connectivity index (χ2v) is 5.96. The minimum Gasteiger partial charge on any atom is -0.368 e. The van der Waals surface area contributed by atoms with Crippen molar-refractivity contribution in [2.45, 2.75) is 13.8 Å². The van der Waals surface area contributed by atoms with Gasteiger partial charge in [0.05, 0.1) is 6.20 Å². The van der Waals surface area contributed by atoms with Gasteiger partial charge in [0.25, 0.3) is 0 Å². The molecule has 2 amide bonds. The summed E-state index contributed by atoms with van der Waals surface area (Å²) in [6.45, 7) is 7.43.